The largest absolute Gasteiger partial charge is 0.481 e. The van der Waals surface area contributed by atoms with Crippen molar-refractivity contribution in [2.75, 3.05) is 5.75 Å². The smallest absolute Gasteiger partial charge is 0.314 e. The summed E-state index contributed by atoms with van der Waals surface area (Å²) in [6.07, 6.45) is 1.56. The number of H-pyrrole nitrogens is 1. The van der Waals surface area contributed by atoms with E-state index in [0.717, 1.165) is 11.8 Å². The average molecular weight is 226 g/mol. The van der Waals surface area contributed by atoms with E-state index in [9.17, 15) is 4.79 Å². The number of thioether (sulfide) groups is 1. The van der Waals surface area contributed by atoms with Crippen LogP contribution in [0, 0.1) is 0 Å². The third-order valence-corrected chi connectivity index (χ3v) is 2.26. The maximum absolute atomic E-state index is 10.3. The zero-order valence-corrected chi connectivity index (χ0v) is 8.19. The quantitative estimate of drug-likeness (QED) is 0.737. The minimum absolute atomic E-state index is 0.107. The Labute approximate surface area is 87.9 Å². The summed E-state index contributed by atoms with van der Waals surface area (Å²) < 4.78 is 5.18. The monoisotopic (exact) mass is 226 g/mol. The number of carbonyl (C=O) groups is 1. The number of nitrogens with zero attached hydrogens (tertiary/aromatic N) is 3. The fraction of sp³-hybridized carbons (Fsp3) is 0.143. The van der Waals surface area contributed by atoms with Crippen molar-refractivity contribution in [3.8, 4) is 11.6 Å². The Morgan fingerprint density at radius 1 is 1.60 bits per heavy atom. The number of nitrogens with one attached hydrogen (secondary N) is 1. The SMILES string of the molecule is O=C(O)CSc1nnc(-c2ccn[nH]2)o1. The summed E-state index contributed by atoms with van der Waals surface area (Å²) in [5.74, 6) is -0.744. The molecule has 0 bridgehead atoms. The van der Waals surface area contributed by atoms with Gasteiger partial charge in [0.1, 0.15) is 11.4 Å². The molecule has 0 atom stereocenters. The summed E-state index contributed by atoms with van der Waals surface area (Å²) in [5, 5.41) is 22.5. The van der Waals surface area contributed by atoms with Gasteiger partial charge in [0.15, 0.2) is 0 Å². The van der Waals surface area contributed by atoms with Gasteiger partial charge in [0.25, 0.3) is 11.1 Å². The van der Waals surface area contributed by atoms with E-state index in [4.69, 9.17) is 9.52 Å². The number of rotatable bonds is 4. The van der Waals surface area contributed by atoms with Gasteiger partial charge in [0.2, 0.25) is 0 Å². The van der Waals surface area contributed by atoms with Crippen LogP contribution in [0.2, 0.25) is 0 Å². The molecule has 2 rings (SSSR count). The average Bonchev–Trinajstić information content (AvgIpc) is 2.85. The fourth-order valence-electron chi connectivity index (χ4n) is 0.875. The van der Waals surface area contributed by atoms with Crippen LogP contribution in [0.1, 0.15) is 0 Å². The molecule has 0 fully saturated rings. The molecule has 0 unspecified atom stereocenters. The lowest BCUT2D eigenvalue weighted by Crippen LogP contribution is -1.97. The summed E-state index contributed by atoms with van der Waals surface area (Å²) in [4.78, 5) is 10.3. The standard InChI is InChI=1S/C7H6N4O3S/c12-5(13)3-15-7-11-10-6(14-7)4-1-2-8-9-4/h1-2H,3H2,(H,8,9)(H,12,13). The molecule has 8 heteroatoms. The third kappa shape index (κ3) is 2.34. The van der Waals surface area contributed by atoms with Crippen LogP contribution in [0.4, 0.5) is 0 Å². The lowest BCUT2D eigenvalue weighted by atomic mass is 10.4. The first kappa shape index (κ1) is 9.71. The van der Waals surface area contributed by atoms with Crippen LogP contribution in [-0.4, -0.2) is 37.2 Å². The number of aliphatic carboxylic acids is 1. The van der Waals surface area contributed by atoms with Gasteiger partial charge in [-0.2, -0.15) is 5.10 Å². The van der Waals surface area contributed by atoms with E-state index >= 15 is 0 Å². The normalized spacial score (nSPS) is 10.4. The highest BCUT2D eigenvalue weighted by atomic mass is 32.2. The summed E-state index contributed by atoms with van der Waals surface area (Å²) >= 11 is 0.973. The molecule has 0 saturated heterocycles. The molecule has 0 radical (unpaired) electrons. The van der Waals surface area contributed by atoms with E-state index in [-0.39, 0.29) is 11.0 Å². The molecule has 78 valence electrons. The van der Waals surface area contributed by atoms with E-state index in [1.807, 2.05) is 0 Å². The number of aromatic nitrogens is 4. The number of hydrogen-bond donors (Lipinski definition) is 2. The molecule has 2 heterocycles. The van der Waals surface area contributed by atoms with Crippen molar-refractivity contribution in [3.05, 3.63) is 12.3 Å². The number of hydrogen-bond acceptors (Lipinski definition) is 6. The molecule has 0 aliphatic rings. The van der Waals surface area contributed by atoms with E-state index in [1.54, 1.807) is 12.3 Å². The van der Waals surface area contributed by atoms with Crippen molar-refractivity contribution in [1.29, 1.82) is 0 Å². The first-order chi connectivity index (χ1) is 7.25. The van der Waals surface area contributed by atoms with Crippen molar-refractivity contribution in [2.45, 2.75) is 5.22 Å². The zero-order chi connectivity index (χ0) is 10.7. The molecule has 0 spiro atoms. The van der Waals surface area contributed by atoms with E-state index in [0.29, 0.717) is 11.6 Å². The Morgan fingerprint density at radius 2 is 2.47 bits per heavy atom. The van der Waals surface area contributed by atoms with Crippen molar-refractivity contribution in [1.82, 2.24) is 20.4 Å². The van der Waals surface area contributed by atoms with Gasteiger partial charge in [0.05, 0.1) is 0 Å². The van der Waals surface area contributed by atoms with Crippen LogP contribution >= 0.6 is 11.8 Å². The number of carboxylic acid groups (broad SMARTS) is 1. The van der Waals surface area contributed by atoms with Crippen molar-refractivity contribution < 1.29 is 14.3 Å². The summed E-state index contributed by atoms with van der Waals surface area (Å²) in [6, 6.07) is 1.68. The second-order valence-electron chi connectivity index (χ2n) is 2.53. The van der Waals surface area contributed by atoms with Gasteiger partial charge < -0.3 is 9.52 Å². The van der Waals surface area contributed by atoms with Crippen LogP contribution in [-0.2, 0) is 4.79 Å². The Kier molecular flexibility index (Phi) is 2.68. The zero-order valence-electron chi connectivity index (χ0n) is 7.38. The molecule has 2 aromatic heterocycles. The van der Waals surface area contributed by atoms with Crippen molar-refractivity contribution >= 4 is 17.7 Å². The minimum atomic E-state index is -0.929. The third-order valence-electron chi connectivity index (χ3n) is 1.46. The van der Waals surface area contributed by atoms with Gasteiger partial charge in [-0.3, -0.25) is 9.89 Å². The molecule has 7 nitrogen and oxygen atoms in total. The molecule has 0 aromatic carbocycles. The molecule has 0 aliphatic heterocycles. The van der Waals surface area contributed by atoms with Gasteiger partial charge in [-0.25, -0.2) is 0 Å². The Balaban J connectivity index is 2.08. The van der Waals surface area contributed by atoms with Crippen molar-refractivity contribution in [2.24, 2.45) is 0 Å². The maximum Gasteiger partial charge on any atom is 0.314 e. The van der Waals surface area contributed by atoms with Crippen LogP contribution < -0.4 is 0 Å². The first-order valence-electron chi connectivity index (χ1n) is 3.93. The van der Waals surface area contributed by atoms with Gasteiger partial charge in [0, 0.05) is 6.20 Å². The number of aromatic amines is 1. The molecule has 15 heavy (non-hydrogen) atoms. The lowest BCUT2D eigenvalue weighted by molar-refractivity contribution is -0.133. The highest BCUT2D eigenvalue weighted by Gasteiger charge is 2.10. The highest BCUT2D eigenvalue weighted by molar-refractivity contribution is 7.99. The molecular formula is C7H6N4O3S. The summed E-state index contributed by atoms with van der Waals surface area (Å²) in [7, 11) is 0. The van der Waals surface area contributed by atoms with Crippen LogP contribution in [0.25, 0.3) is 11.6 Å². The highest BCUT2D eigenvalue weighted by Crippen LogP contribution is 2.20. The first-order valence-corrected chi connectivity index (χ1v) is 4.92. The van der Waals surface area contributed by atoms with E-state index in [1.165, 1.54) is 0 Å². The van der Waals surface area contributed by atoms with Gasteiger partial charge in [-0.15, -0.1) is 10.2 Å². The van der Waals surface area contributed by atoms with Crippen LogP contribution in [0.5, 0.6) is 0 Å². The van der Waals surface area contributed by atoms with E-state index in [2.05, 4.69) is 20.4 Å². The Morgan fingerprint density at radius 3 is 3.13 bits per heavy atom. The molecule has 0 amide bonds. The Bertz CT molecular complexity index is 453. The topological polar surface area (TPSA) is 105 Å². The molecule has 0 saturated carbocycles. The van der Waals surface area contributed by atoms with Crippen molar-refractivity contribution in [3.63, 3.8) is 0 Å². The van der Waals surface area contributed by atoms with Gasteiger partial charge >= 0.3 is 5.97 Å². The predicted octanol–water partition coefficient (Wildman–Crippen LogP) is 0.636. The second-order valence-corrected chi connectivity index (χ2v) is 3.45. The molecule has 0 aliphatic carbocycles. The second kappa shape index (κ2) is 4.13. The lowest BCUT2D eigenvalue weighted by Gasteiger charge is -1.88. The van der Waals surface area contributed by atoms with Crippen LogP contribution in [0.3, 0.4) is 0 Å². The van der Waals surface area contributed by atoms with Gasteiger partial charge in [-0.05, 0) is 6.07 Å². The van der Waals surface area contributed by atoms with Gasteiger partial charge in [-0.1, -0.05) is 11.8 Å². The van der Waals surface area contributed by atoms with E-state index < -0.39 is 5.97 Å². The fourth-order valence-corrected chi connectivity index (χ4v) is 1.36. The predicted molar refractivity (Wildman–Crippen MR) is 50.2 cm³/mol. The Hall–Kier alpha value is -1.83. The minimum Gasteiger partial charge on any atom is -0.481 e. The number of carboxylic acids is 1. The maximum atomic E-state index is 10.3. The molecule has 2 aromatic rings. The molecular weight excluding hydrogens is 220 g/mol. The van der Waals surface area contributed by atoms with Crippen LogP contribution in [0.15, 0.2) is 21.9 Å². The summed E-state index contributed by atoms with van der Waals surface area (Å²) in [6.45, 7) is 0. The summed E-state index contributed by atoms with van der Waals surface area (Å²) in [5.41, 5.74) is 0.602. The molecule has 2 N–H and O–H groups in total.